The van der Waals surface area contributed by atoms with E-state index in [4.69, 9.17) is 5.73 Å². The van der Waals surface area contributed by atoms with Gasteiger partial charge in [-0.15, -0.1) is 0 Å². The number of anilines is 1. The second-order valence-corrected chi connectivity index (χ2v) is 5.96. The van der Waals surface area contributed by atoms with Crippen molar-refractivity contribution in [2.75, 3.05) is 25.0 Å². The lowest BCUT2D eigenvalue weighted by Crippen LogP contribution is -2.47. The van der Waals surface area contributed by atoms with E-state index in [9.17, 15) is 4.79 Å². The fraction of sp³-hybridized carbons (Fsp3) is 0.562. The predicted octanol–water partition coefficient (Wildman–Crippen LogP) is 2.32. The molecular formula is C16H27N3O. The molecule has 4 nitrogen and oxygen atoms in total. The van der Waals surface area contributed by atoms with Gasteiger partial charge in [-0.05, 0) is 37.6 Å². The van der Waals surface area contributed by atoms with Crippen LogP contribution in [-0.2, 0) is 4.79 Å². The van der Waals surface area contributed by atoms with Crippen molar-refractivity contribution in [3.8, 4) is 0 Å². The number of para-hydroxylation sites is 1. The standard InChI is InChI=1S/C16H27N3O/c1-5-19(12-16(3,4)11-17)13(2)15(20)18-14-9-7-6-8-10-14/h6-10,13H,5,11-12,17H2,1-4H3,(H,18,20). The van der Waals surface area contributed by atoms with Crippen molar-refractivity contribution in [1.29, 1.82) is 0 Å². The zero-order valence-electron chi connectivity index (χ0n) is 13.0. The number of benzene rings is 1. The van der Waals surface area contributed by atoms with E-state index < -0.39 is 0 Å². The largest absolute Gasteiger partial charge is 0.330 e. The van der Waals surface area contributed by atoms with Gasteiger partial charge in [0.15, 0.2) is 0 Å². The highest BCUT2D eigenvalue weighted by molar-refractivity contribution is 5.94. The molecule has 20 heavy (non-hydrogen) atoms. The van der Waals surface area contributed by atoms with Crippen molar-refractivity contribution in [2.45, 2.75) is 33.7 Å². The molecule has 0 aliphatic heterocycles. The van der Waals surface area contributed by atoms with E-state index in [0.717, 1.165) is 18.8 Å². The first-order valence-corrected chi connectivity index (χ1v) is 7.19. The van der Waals surface area contributed by atoms with Gasteiger partial charge < -0.3 is 11.1 Å². The van der Waals surface area contributed by atoms with Gasteiger partial charge in [0.2, 0.25) is 5.91 Å². The van der Waals surface area contributed by atoms with Crippen LogP contribution in [0.5, 0.6) is 0 Å². The van der Waals surface area contributed by atoms with Gasteiger partial charge in [-0.1, -0.05) is 39.0 Å². The molecule has 112 valence electrons. The zero-order chi connectivity index (χ0) is 15.2. The van der Waals surface area contributed by atoms with Gasteiger partial charge >= 0.3 is 0 Å². The van der Waals surface area contributed by atoms with Crippen LogP contribution < -0.4 is 11.1 Å². The summed E-state index contributed by atoms with van der Waals surface area (Å²) in [6.45, 7) is 10.5. The highest BCUT2D eigenvalue weighted by atomic mass is 16.2. The second-order valence-electron chi connectivity index (χ2n) is 5.96. The van der Waals surface area contributed by atoms with Crippen LogP contribution in [0.15, 0.2) is 30.3 Å². The van der Waals surface area contributed by atoms with Crippen LogP contribution in [0.25, 0.3) is 0 Å². The number of rotatable bonds is 7. The molecule has 0 spiro atoms. The molecule has 0 bridgehead atoms. The van der Waals surface area contributed by atoms with Gasteiger partial charge in [0.05, 0.1) is 6.04 Å². The number of nitrogens with zero attached hydrogens (tertiary/aromatic N) is 1. The maximum absolute atomic E-state index is 12.3. The fourth-order valence-corrected chi connectivity index (χ4v) is 2.07. The molecule has 0 aromatic heterocycles. The third-order valence-corrected chi connectivity index (χ3v) is 3.56. The average Bonchev–Trinajstić information content (AvgIpc) is 2.45. The molecule has 1 unspecified atom stereocenters. The minimum absolute atomic E-state index is 0.0112. The Morgan fingerprint density at radius 1 is 1.35 bits per heavy atom. The average molecular weight is 277 g/mol. The van der Waals surface area contributed by atoms with Gasteiger partial charge in [-0.2, -0.15) is 0 Å². The maximum atomic E-state index is 12.3. The van der Waals surface area contributed by atoms with E-state index in [0.29, 0.717) is 6.54 Å². The number of likely N-dealkylation sites (N-methyl/N-ethyl adjacent to an activating group) is 1. The fourth-order valence-electron chi connectivity index (χ4n) is 2.07. The first-order valence-electron chi connectivity index (χ1n) is 7.19. The highest BCUT2D eigenvalue weighted by Gasteiger charge is 2.26. The van der Waals surface area contributed by atoms with E-state index in [1.54, 1.807) is 0 Å². The number of nitrogens with two attached hydrogens (primary N) is 1. The molecule has 1 aromatic carbocycles. The molecule has 0 heterocycles. The van der Waals surface area contributed by atoms with E-state index in [1.165, 1.54) is 0 Å². The molecule has 0 saturated carbocycles. The molecule has 1 atom stereocenters. The summed E-state index contributed by atoms with van der Waals surface area (Å²) in [6.07, 6.45) is 0. The third-order valence-electron chi connectivity index (χ3n) is 3.56. The second kappa shape index (κ2) is 7.41. The van der Waals surface area contributed by atoms with Crippen molar-refractivity contribution in [2.24, 2.45) is 11.1 Å². The summed E-state index contributed by atoms with van der Waals surface area (Å²) in [7, 11) is 0. The van der Waals surface area contributed by atoms with Gasteiger partial charge in [0.25, 0.3) is 0 Å². The van der Waals surface area contributed by atoms with E-state index in [1.807, 2.05) is 37.3 Å². The summed E-state index contributed by atoms with van der Waals surface area (Å²) in [5.74, 6) is 0.0193. The van der Waals surface area contributed by atoms with Gasteiger partial charge in [-0.3, -0.25) is 9.69 Å². The van der Waals surface area contributed by atoms with Crippen LogP contribution in [0.4, 0.5) is 5.69 Å². The molecule has 4 heteroatoms. The van der Waals surface area contributed by atoms with Crippen molar-refractivity contribution in [3.63, 3.8) is 0 Å². The Morgan fingerprint density at radius 2 is 1.95 bits per heavy atom. The van der Waals surface area contributed by atoms with Crippen molar-refractivity contribution in [1.82, 2.24) is 4.90 Å². The Hall–Kier alpha value is -1.39. The predicted molar refractivity (Wildman–Crippen MR) is 84.6 cm³/mol. The summed E-state index contributed by atoms with van der Waals surface area (Å²) >= 11 is 0. The van der Waals surface area contributed by atoms with E-state index in [2.05, 4.69) is 31.0 Å². The first-order chi connectivity index (χ1) is 9.39. The van der Waals surface area contributed by atoms with Crippen molar-refractivity contribution < 1.29 is 4.79 Å². The lowest BCUT2D eigenvalue weighted by atomic mass is 9.92. The van der Waals surface area contributed by atoms with Crippen LogP contribution in [0.2, 0.25) is 0 Å². The number of hydrogen-bond acceptors (Lipinski definition) is 3. The summed E-state index contributed by atoms with van der Waals surface area (Å²) in [4.78, 5) is 14.5. The van der Waals surface area contributed by atoms with Crippen LogP contribution in [0, 0.1) is 5.41 Å². The molecule has 1 aromatic rings. The van der Waals surface area contributed by atoms with Crippen LogP contribution >= 0.6 is 0 Å². The Balaban J connectivity index is 2.66. The Bertz CT molecular complexity index is 417. The van der Waals surface area contributed by atoms with Gasteiger partial charge in [-0.25, -0.2) is 0 Å². The van der Waals surface area contributed by atoms with Crippen LogP contribution in [0.1, 0.15) is 27.7 Å². The number of nitrogens with one attached hydrogen (secondary N) is 1. The quantitative estimate of drug-likeness (QED) is 0.804. The number of hydrogen-bond donors (Lipinski definition) is 2. The highest BCUT2D eigenvalue weighted by Crippen LogP contribution is 2.17. The topological polar surface area (TPSA) is 58.4 Å². The Labute approximate surface area is 122 Å². The Morgan fingerprint density at radius 3 is 2.45 bits per heavy atom. The zero-order valence-corrected chi connectivity index (χ0v) is 13.0. The summed E-state index contributed by atoms with van der Waals surface area (Å²) in [5.41, 5.74) is 6.63. The van der Waals surface area contributed by atoms with Crippen molar-refractivity contribution >= 4 is 11.6 Å². The van der Waals surface area contributed by atoms with Gasteiger partial charge in [0, 0.05) is 12.2 Å². The monoisotopic (exact) mass is 277 g/mol. The van der Waals surface area contributed by atoms with E-state index >= 15 is 0 Å². The molecule has 0 aliphatic rings. The number of amides is 1. The summed E-state index contributed by atoms with van der Waals surface area (Å²) in [6, 6.07) is 9.37. The lowest BCUT2D eigenvalue weighted by Gasteiger charge is -2.34. The van der Waals surface area contributed by atoms with Crippen LogP contribution in [0.3, 0.4) is 0 Å². The molecular weight excluding hydrogens is 250 g/mol. The van der Waals surface area contributed by atoms with Gasteiger partial charge in [0.1, 0.15) is 0 Å². The maximum Gasteiger partial charge on any atom is 0.241 e. The Kier molecular flexibility index (Phi) is 6.17. The molecule has 1 rings (SSSR count). The van der Waals surface area contributed by atoms with Crippen LogP contribution in [-0.4, -0.2) is 36.5 Å². The molecule has 1 amide bonds. The summed E-state index contributed by atoms with van der Waals surface area (Å²) < 4.78 is 0. The normalized spacial score (nSPS) is 13.3. The van der Waals surface area contributed by atoms with Crippen molar-refractivity contribution in [3.05, 3.63) is 30.3 Å². The third kappa shape index (κ3) is 4.94. The lowest BCUT2D eigenvalue weighted by molar-refractivity contribution is -0.121. The smallest absolute Gasteiger partial charge is 0.241 e. The molecule has 0 saturated heterocycles. The molecule has 0 fully saturated rings. The SMILES string of the molecule is CCN(CC(C)(C)CN)C(C)C(=O)Nc1ccccc1. The first kappa shape index (κ1) is 16.7. The number of carbonyl (C=O) groups is 1. The molecule has 3 N–H and O–H groups in total. The molecule has 0 aliphatic carbocycles. The molecule has 0 radical (unpaired) electrons. The number of carbonyl (C=O) groups excluding carboxylic acids is 1. The summed E-state index contributed by atoms with van der Waals surface area (Å²) in [5, 5.41) is 2.95. The van der Waals surface area contributed by atoms with E-state index in [-0.39, 0.29) is 17.4 Å². The minimum Gasteiger partial charge on any atom is -0.330 e. The minimum atomic E-state index is -0.175.